The van der Waals surface area contributed by atoms with Crippen LogP contribution in [0.5, 0.6) is 0 Å². The maximum Gasteiger partial charge on any atom is 0.156 e. The van der Waals surface area contributed by atoms with Gasteiger partial charge in [-0.05, 0) is 19.4 Å². The molecule has 1 aromatic carbocycles. The molecule has 2 N–H and O–H groups in total. The number of Topliss-reactive ketones (excluding diaryl/α,β-unsaturated/α-hetero) is 1. The van der Waals surface area contributed by atoms with Crippen LogP contribution in [0.4, 0.5) is 0 Å². The standard InChI is InChI=1S/C11H15NO/c1-11(2,12)10(13)8-9-6-4-3-5-7-9/h3-7H,8,12H2,1-2H3. The van der Waals surface area contributed by atoms with Gasteiger partial charge in [0.1, 0.15) is 0 Å². The molecule has 1 rings (SSSR count). The smallest absolute Gasteiger partial charge is 0.156 e. The van der Waals surface area contributed by atoms with Gasteiger partial charge in [0, 0.05) is 6.42 Å². The minimum Gasteiger partial charge on any atom is -0.319 e. The van der Waals surface area contributed by atoms with Crippen molar-refractivity contribution in [3.8, 4) is 0 Å². The maximum absolute atomic E-state index is 11.5. The normalized spacial score (nSPS) is 11.3. The number of carbonyl (C=O) groups excluding carboxylic acids is 1. The van der Waals surface area contributed by atoms with E-state index in [4.69, 9.17) is 5.73 Å². The molecule has 0 bridgehead atoms. The molecule has 0 unspecified atom stereocenters. The van der Waals surface area contributed by atoms with Crippen LogP contribution in [0.1, 0.15) is 19.4 Å². The zero-order valence-corrected chi connectivity index (χ0v) is 8.08. The monoisotopic (exact) mass is 177 g/mol. The van der Waals surface area contributed by atoms with Crippen LogP contribution in [0.3, 0.4) is 0 Å². The molecule has 13 heavy (non-hydrogen) atoms. The van der Waals surface area contributed by atoms with Crippen molar-refractivity contribution in [2.24, 2.45) is 5.73 Å². The third kappa shape index (κ3) is 2.99. The van der Waals surface area contributed by atoms with E-state index in [2.05, 4.69) is 0 Å². The molecule has 0 aliphatic heterocycles. The van der Waals surface area contributed by atoms with Crippen molar-refractivity contribution >= 4 is 5.78 Å². The minimum atomic E-state index is -0.726. The molecule has 2 heteroatoms. The predicted molar refractivity (Wildman–Crippen MR) is 53.4 cm³/mol. The van der Waals surface area contributed by atoms with Crippen LogP contribution in [0, 0.1) is 0 Å². The third-order valence-corrected chi connectivity index (χ3v) is 1.93. The average molecular weight is 177 g/mol. The Kier molecular flexibility index (Phi) is 2.83. The van der Waals surface area contributed by atoms with Crippen molar-refractivity contribution in [2.45, 2.75) is 25.8 Å². The zero-order valence-electron chi connectivity index (χ0n) is 8.08. The van der Waals surface area contributed by atoms with Crippen molar-refractivity contribution in [2.75, 3.05) is 0 Å². The number of rotatable bonds is 3. The summed E-state index contributed by atoms with van der Waals surface area (Å²) < 4.78 is 0. The highest BCUT2D eigenvalue weighted by Gasteiger charge is 2.21. The summed E-state index contributed by atoms with van der Waals surface area (Å²) in [5, 5.41) is 0. The molecule has 0 atom stereocenters. The van der Waals surface area contributed by atoms with Crippen LogP contribution >= 0.6 is 0 Å². The number of carbonyl (C=O) groups is 1. The number of hydrogen-bond acceptors (Lipinski definition) is 2. The Hall–Kier alpha value is -1.15. The molecule has 1 aromatic rings. The van der Waals surface area contributed by atoms with E-state index in [-0.39, 0.29) is 5.78 Å². The first kappa shape index (κ1) is 9.93. The fourth-order valence-electron chi connectivity index (χ4n) is 1.01. The van der Waals surface area contributed by atoms with Crippen LogP contribution in [0.2, 0.25) is 0 Å². The van der Waals surface area contributed by atoms with Gasteiger partial charge >= 0.3 is 0 Å². The fraction of sp³-hybridized carbons (Fsp3) is 0.364. The van der Waals surface area contributed by atoms with Gasteiger partial charge in [0.2, 0.25) is 0 Å². The van der Waals surface area contributed by atoms with E-state index in [0.29, 0.717) is 6.42 Å². The molecule has 2 nitrogen and oxygen atoms in total. The summed E-state index contributed by atoms with van der Waals surface area (Å²) in [5.74, 6) is 0.0682. The predicted octanol–water partition coefficient (Wildman–Crippen LogP) is 1.54. The van der Waals surface area contributed by atoms with E-state index in [1.165, 1.54) is 0 Å². The Balaban J connectivity index is 2.66. The van der Waals surface area contributed by atoms with Crippen molar-refractivity contribution in [1.82, 2.24) is 0 Å². The highest BCUT2D eigenvalue weighted by Crippen LogP contribution is 2.06. The van der Waals surface area contributed by atoms with Crippen molar-refractivity contribution in [3.05, 3.63) is 35.9 Å². The number of ketones is 1. The van der Waals surface area contributed by atoms with Crippen LogP contribution in [0.25, 0.3) is 0 Å². The summed E-state index contributed by atoms with van der Waals surface area (Å²) in [6.45, 7) is 3.47. The van der Waals surface area contributed by atoms with Gasteiger partial charge in [0.15, 0.2) is 5.78 Å². The highest BCUT2D eigenvalue weighted by molar-refractivity contribution is 5.89. The van der Waals surface area contributed by atoms with Gasteiger partial charge in [0.05, 0.1) is 5.54 Å². The van der Waals surface area contributed by atoms with Gasteiger partial charge in [-0.25, -0.2) is 0 Å². The van der Waals surface area contributed by atoms with E-state index < -0.39 is 5.54 Å². The van der Waals surface area contributed by atoms with E-state index in [1.807, 2.05) is 30.3 Å². The van der Waals surface area contributed by atoms with E-state index in [9.17, 15) is 4.79 Å². The Morgan fingerprint density at radius 3 is 2.31 bits per heavy atom. The second-order valence-corrected chi connectivity index (χ2v) is 3.81. The molecule has 0 aliphatic carbocycles. The van der Waals surface area contributed by atoms with Crippen molar-refractivity contribution in [1.29, 1.82) is 0 Å². The van der Waals surface area contributed by atoms with E-state index >= 15 is 0 Å². The molecule has 70 valence electrons. The lowest BCUT2D eigenvalue weighted by atomic mass is 9.95. The average Bonchev–Trinajstić information content (AvgIpc) is 2.04. The zero-order chi connectivity index (χ0) is 9.90. The van der Waals surface area contributed by atoms with Gasteiger partial charge in [-0.2, -0.15) is 0 Å². The first-order valence-electron chi connectivity index (χ1n) is 4.36. The Labute approximate surface area is 78.8 Å². The molecular weight excluding hydrogens is 162 g/mol. The molecule has 0 heterocycles. The van der Waals surface area contributed by atoms with E-state index in [0.717, 1.165) is 5.56 Å². The van der Waals surface area contributed by atoms with Crippen molar-refractivity contribution < 1.29 is 4.79 Å². The van der Waals surface area contributed by atoms with Gasteiger partial charge in [-0.3, -0.25) is 4.79 Å². The van der Waals surface area contributed by atoms with Crippen LogP contribution in [-0.4, -0.2) is 11.3 Å². The SMILES string of the molecule is CC(C)(N)C(=O)Cc1ccccc1. The summed E-state index contributed by atoms with van der Waals surface area (Å²) in [4.78, 5) is 11.5. The molecule has 0 radical (unpaired) electrons. The molecule has 0 spiro atoms. The fourth-order valence-corrected chi connectivity index (χ4v) is 1.01. The number of benzene rings is 1. The minimum absolute atomic E-state index is 0.0682. The summed E-state index contributed by atoms with van der Waals surface area (Å²) in [6, 6.07) is 9.65. The van der Waals surface area contributed by atoms with E-state index in [1.54, 1.807) is 13.8 Å². The molecule has 0 fully saturated rings. The number of hydrogen-bond donors (Lipinski definition) is 1. The Morgan fingerprint density at radius 2 is 1.85 bits per heavy atom. The van der Waals surface area contributed by atoms with Gasteiger partial charge in [-0.15, -0.1) is 0 Å². The summed E-state index contributed by atoms with van der Waals surface area (Å²) in [5.41, 5.74) is 5.97. The lowest BCUT2D eigenvalue weighted by Gasteiger charge is -2.16. The van der Waals surface area contributed by atoms with Crippen LogP contribution < -0.4 is 5.73 Å². The molecular formula is C11H15NO. The molecule has 0 saturated heterocycles. The van der Waals surface area contributed by atoms with Gasteiger partial charge < -0.3 is 5.73 Å². The van der Waals surface area contributed by atoms with Crippen LogP contribution in [0.15, 0.2) is 30.3 Å². The second-order valence-electron chi connectivity index (χ2n) is 3.81. The van der Waals surface area contributed by atoms with Gasteiger partial charge in [0.25, 0.3) is 0 Å². The Bertz CT molecular complexity index is 285. The maximum atomic E-state index is 11.5. The second kappa shape index (κ2) is 3.71. The van der Waals surface area contributed by atoms with Gasteiger partial charge in [-0.1, -0.05) is 30.3 Å². The first-order valence-corrected chi connectivity index (χ1v) is 4.36. The molecule has 0 saturated carbocycles. The van der Waals surface area contributed by atoms with Crippen LogP contribution in [-0.2, 0) is 11.2 Å². The molecule has 0 amide bonds. The Morgan fingerprint density at radius 1 is 1.31 bits per heavy atom. The quantitative estimate of drug-likeness (QED) is 0.761. The summed E-state index contributed by atoms with van der Waals surface area (Å²) in [6.07, 6.45) is 0.421. The number of nitrogens with two attached hydrogens (primary N) is 1. The largest absolute Gasteiger partial charge is 0.319 e. The lowest BCUT2D eigenvalue weighted by molar-refractivity contribution is -0.122. The lowest BCUT2D eigenvalue weighted by Crippen LogP contribution is -2.42. The first-order chi connectivity index (χ1) is 6.00. The third-order valence-electron chi connectivity index (χ3n) is 1.93. The topological polar surface area (TPSA) is 43.1 Å². The van der Waals surface area contributed by atoms with Crippen molar-refractivity contribution in [3.63, 3.8) is 0 Å². The highest BCUT2D eigenvalue weighted by atomic mass is 16.1. The molecule has 0 aromatic heterocycles. The summed E-state index contributed by atoms with van der Waals surface area (Å²) in [7, 11) is 0. The summed E-state index contributed by atoms with van der Waals surface area (Å²) >= 11 is 0. The molecule has 0 aliphatic rings.